The second-order valence-corrected chi connectivity index (χ2v) is 6.58. The Morgan fingerprint density at radius 1 is 1.31 bits per heavy atom. The highest BCUT2D eigenvalue weighted by molar-refractivity contribution is 6.00. The van der Waals surface area contributed by atoms with E-state index in [1.807, 2.05) is 30.3 Å². The molecule has 1 N–H and O–H groups in total. The van der Waals surface area contributed by atoms with Crippen LogP contribution in [0.3, 0.4) is 0 Å². The molecule has 0 radical (unpaired) electrons. The molecule has 26 heavy (non-hydrogen) atoms. The lowest BCUT2D eigenvalue weighted by Gasteiger charge is -2.36. The van der Waals surface area contributed by atoms with E-state index in [0.717, 1.165) is 35.6 Å². The van der Waals surface area contributed by atoms with E-state index >= 15 is 0 Å². The number of methoxy groups -OCH3 is 1. The number of oxime groups is 1. The van der Waals surface area contributed by atoms with E-state index in [4.69, 9.17) is 14.2 Å². The molecule has 2 heterocycles. The molecule has 6 nitrogen and oxygen atoms in total. The van der Waals surface area contributed by atoms with Crippen LogP contribution in [0.5, 0.6) is 17.2 Å². The lowest BCUT2D eigenvalue weighted by molar-refractivity contribution is 0.170. The van der Waals surface area contributed by atoms with E-state index in [1.165, 1.54) is 5.56 Å². The topological polar surface area (TPSA) is 63.5 Å². The Morgan fingerprint density at radius 3 is 2.85 bits per heavy atom. The van der Waals surface area contributed by atoms with Crippen LogP contribution in [0.15, 0.2) is 41.6 Å². The quantitative estimate of drug-likeness (QED) is 0.519. The Kier molecular flexibility index (Phi) is 4.42. The fourth-order valence-electron chi connectivity index (χ4n) is 3.81. The first kappa shape index (κ1) is 16.7. The molecule has 4 rings (SSSR count). The molecule has 0 spiro atoms. The van der Waals surface area contributed by atoms with Crippen molar-refractivity contribution >= 4 is 5.71 Å². The van der Waals surface area contributed by atoms with E-state index in [0.29, 0.717) is 17.9 Å². The summed E-state index contributed by atoms with van der Waals surface area (Å²) in [6.45, 7) is 1.12. The van der Waals surface area contributed by atoms with Crippen molar-refractivity contribution in [2.75, 3.05) is 27.5 Å². The molecule has 2 aromatic rings. The highest BCUT2D eigenvalue weighted by Crippen LogP contribution is 2.50. The molecule has 0 fully saturated rings. The zero-order valence-corrected chi connectivity index (χ0v) is 14.9. The molecule has 0 aliphatic carbocycles. The molecular formula is C20H22N2O4. The highest BCUT2D eigenvalue weighted by atomic mass is 16.7. The average Bonchev–Trinajstić information content (AvgIpc) is 3.14. The summed E-state index contributed by atoms with van der Waals surface area (Å²) in [5.41, 5.74) is 3.84. The van der Waals surface area contributed by atoms with Gasteiger partial charge in [0.1, 0.15) is 0 Å². The second kappa shape index (κ2) is 6.88. The summed E-state index contributed by atoms with van der Waals surface area (Å²) >= 11 is 0. The van der Waals surface area contributed by atoms with Crippen LogP contribution in [0, 0.1) is 0 Å². The maximum absolute atomic E-state index is 9.62. The maximum Gasteiger partial charge on any atom is 0.231 e. The van der Waals surface area contributed by atoms with Gasteiger partial charge >= 0.3 is 0 Å². The first-order chi connectivity index (χ1) is 12.7. The molecule has 136 valence electrons. The monoisotopic (exact) mass is 354 g/mol. The zero-order valence-electron chi connectivity index (χ0n) is 14.9. The van der Waals surface area contributed by atoms with Crippen LogP contribution in [0.4, 0.5) is 0 Å². The Hall–Kier alpha value is -2.73. The third kappa shape index (κ3) is 2.76. The van der Waals surface area contributed by atoms with Gasteiger partial charge < -0.3 is 19.4 Å². The van der Waals surface area contributed by atoms with Crippen molar-refractivity contribution in [2.24, 2.45) is 5.16 Å². The minimum Gasteiger partial charge on any atom is -0.492 e. The van der Waals surface area contributed by atoms with Gasteiger partial charge in [-0.2, -0.15) is 0 Å². The first-order valence-corrected chi connectivity index (χ1v) is 8.69. The number of benzene rings is 2. The number of rotatable bonds is 4. The molecule has 2 aliphatic rings. The van der Waals surface area contributed by atoms with Crippen LogP contribution in [0.25, 0.3) is 0 Å². The fourth-order valence-corrected chi connectivity index (χ4v) is 3.81. The average molecular weight is 354 g/mol. The van der Waals surface area contributed by atoms with Crippen molar-refractivity contribution in [1.29, 1.82) is 0 Å². The van der Waals surface area contributed by atoms with Crippen molar-refractivity contribution in [3.8, 4) is 17.2 Å². The van der Waals surface area contributed by atoms with Crippen molar-refractivity contribution in [3.63, 3.8) is 0 Å². The minimum atomic E-state index is 0.0225. The predicted octanol–water partition coefficient (Wildman–Crippen LogP) is 3.22. The molecule has 0 bridgehead atoms. The van der Waals surface area contributed by atoms with Crippen LogP contribution in [-0.4, -0.2) is 43.3 Å². The van der Waals surface area contributed by atoms with E-state index in [-0.39, 0.29) is 12.8 Å². The largest absolute Gasteiger partial charge is 0.492 e. The van der Waals surface area contributed by atoms with E-state index < -0.39 is 0 Å². The van der Waals surface area contributed by atoms with Crippen LogP contribution >= 0.6 is 0 Å². The molecule has 1 atom stereocenters. The maximum atomic E-state index is 9.62. The van der Waals surface area contributed by atoms with Crippen molar-refractivity contribution in [2.45, 2.75) is 18.9 Å². The predicted molar refractivity (Wildman–Crippen MR) is 97.6 cm³/mol. The van der Waals surface area contributed by atoms with Gasteiger partial charge in [0.05, 0.1) is 12.8 Å². The summed E-state index contributed by atoms with van der Waals surface area (Å²) in [6.07, 6.45) is 1.48. The Morgan fingerprint density at radius 2 is 2.12 bits per heavy atom. The number of ether oxygens (including phenoxy) is 3. The standard InChI is InChI=1S/C20H22N2O4/c1-22-9-8-14-10-17-19(26-12-25-17)20(24-2)18(14)16(22)11-15(21-23)13-6-4-3-5-7-13/h3-7,10,16,23H,8-9,11-12H2,1-2H3/b21-15+. The first-order valence-electron chi connectivity index (χ1n) is 8.69. The second-order valence-electron chi connectivity index (χ2n) is 6.58. The summed E-state index contributed by atoms with van der Waals surface area (Å²) in [4.78, 5) is 2.27. The normalized spacial score (nSPS) is 19.3. The van der Waals surface area contributed by atoms with E-state index in [1.54, 1.807) is 7.11 Å². The summed E-state index contributed by atoms with van der Waals surface area (Å²) in [5.74, 6) is 2.12. The summed E-state index contributed by atoms with van der Waals surface area (Å²) in [6, 6.07) is 11.8. The van der Waals surface area contributed by atoms with Crippen molar-refractivity contribution < 1.29 is 19.4 Å². The smallest absolute Gasteiger partial charge is 0.231 e. The zero-order chi connectivity index (χ0) is 18.1. The van der Waals surface area contributed by atoms with Gasteiger partial charge in [-0.1, -0.05) is 35.5 Å². The number of hydrogen-bond acceptors (Lipinski definition) is 6. The van der Waals surface area contributed by atoms with E-state index in [2.05, 4.69) is 23.2 Å². The number of nitrogens with zero attached hydrogens (tertiary/aromatic N) is 2. The lowest BCUT2D eigenvalue weighted by atomic mass is 9.87. The van der Waals surface area contributed by atoms with Gasteiger partial charge in [-0.3, -0.25) is 4.90 Å². The molecule has 6 heteroatoms. The molecule has 2 aliphatic heterocycles. The Labute approximate surface area is 152 Å². The van der Waals surface area contributed by atoms with Crippen molar-refractivity contribution in [1.82, 2.24) is 4.90 Å². The van der Waals surface area contributed by atoms with Crippen molar-refractivity contribution in [3.05, 3.63) is 53.1 Å². The molecule has 1 unspecified atom stereocenters. The van der Waals surface area contributed by atoms with Crippen LogP contribution < -0.4 is 14.2 Å². The van der Waals surface area contributed by atoms with Gasteiger partial charge in [-0.15, -0.1) is 0 Å². The lowest BCUT2D eigenvalue weighted by Crippen LogP contribution is -2.34. The van der Waals surface area contributed by atoms with Crippen LogP contribution in [0.2, 0.25) is 0 Å². The molecule has 2 aromatic carbocycles. The Bertz CT molecular complexity index is 835. The van der Waals surface area contributed by atoms with Crippen LogP contribution in [-0.2, 0) is 6.42 Å². The number of likely N-dealkylation sites (N-methyl/N-ethyl adjacent to an activating group) is 1. The van der Waals surface area contributed by atoms with E-state index in [9.17, 15) is 5.21 Å². The number of fused-ring (bicyclic) bond motifs is 2. The molecule has 0 saturated carbocycles. The van der Waals surface area contributed by atoms with Gasteiger partial charge in [0.2, 0.25) is 12.5 Å². The molecule has 0 aromatic heterocycles. The van der Waals surface area contributed by atoms with Gasteiger partial charge in [0, 0.05) is 24.6 Å². The van der Waals surface area contributed by atoms with Gasteiger partial charge in [0.15, 0.2) is 11.5 Å². The minimum absolute atomic E-state index is 0.0225. The van der Waals surface area contributed by atoms with Crippen LogP contribution in [0.1, 0.15) is 29.2 Å². The summed E-state index contributed by atoms with van der Waals surface area (Å²) < 4.78 is 16.9. The fraction of sp³-hybridized carbons (Fsp3) is 0.350. The van der Waals surface area contributed by atoms with Gasteiger partial charge in [0.25, 0.3) is 0 Å². The molecule has 0 amide bonds. The molecular weight excluding hydrogens is 332 g/mol. The highest BCUT2D eigenvalue weighted by Gasteiger charge is 2.34. The van der Waals surface area contributed by atoms with Gasteiger partial charge in [-0.05, 0) is 30.7 Å². The summed E-state index contributed by atoms with van der Waals surface area (Å²) in [5, 5.41) is 13.2. The SMILES string of the molecule is COc1c2c(cc3c1C(C/C(=N\O)c1ccccc1)N(C)CC3)OCO2. The third-order valence-corrected chi connectivity index (χ3v) is 5.16. The van der Waals surface area contributed by atoms with Gasteiger partial charge in [-0.25, -0.2) is 0 Å². The summed E-state index contributed by atoms with van der Waals surface area (Å²) in [7, 11) is 3.74. The number of hydrogen-bond donors (Lipinski definition) is 1. The third-order valence-electron chi connectivity index (χ3n) is 5.16. The molecule has 0 saturated heterocycles. The Balaban J connectivity index is 1.76.